The van der Waals surface area contributed by atoms with Crippen LogP contribution in [0.15, 0.2) is 12.1 Å². The zero-order valence-electron chi connectivity index (χ0n) is 15.7. The molecule has 2 atom stereocenters. The third-order valence-corrected chi connectivity index (χ3v) is 5.22. The molecule has 3 rings (SSSR count). The molecule has 1 fully saturated rings. The molecule has 0 saturated carbocycles. The van der Waals surface area contributed by atoms with Gasteiger partial charge >= 0.3 is 0 Å². The molecule has 1 aliphatic rings. The first-order valence-electron chi connectivity index (χ1n) is 9.33. The molecular formula is C19H29N5O. The largest absolute Gasteiger partial charge is 0.351 e. The lowest BCUT2D eigenvalue weighted by atomic mass is 9.97. The van der Waals surface area contributed by atoms with Gasteiger partial charge in [-0.1, -0.05) is 6.42 Å². The summed E-state index contributed by atoms with van der Waals surface area (Å²) < 4.78 is 1.72. The molecule has 2 aromatic rings. The monoisotopic (exact) mass is 343 g/mol. The van der Waals surface area contributed by atoms with Gasteiger partial charge in [-0.25, -0.2) is 9.50 Å². The first kappa shape index (κ1) is 17.9. The number of likely N-dealkylation sites (tertiary alicyclic amines) is 1. The molecule has 2 aromatic heterocycles. The molecule has 0 spiro atoms. The maximum Gasteiger partial charge on any atom is 0.271 e. The Balaban J connectivity index is 1.53. The molecule has 0 radical (unpaired) electrons. The van der Waals surface area contributed by atoms with Crippen LogP contribution < -0.4 is 5.32 Å². The number of aryl methyl sites for hydroxylation is 2. The quantitative estimate of drug-likeness (QED) is 0.848. The fourth-order valence-corrected chi connectivity index (χ4v) is 3.87. The topological polar surface area (TPSA) is 62.5 Å². The normalized spacial score (nSPS) is 21.6. The second-order valence-electron chi connectivity index (χ2n) is 7.31. The van der Waals surface area contributed by atoms with E-state index in [4.69, 9.17) is 0 Å². The smallest absolute Gasteiger partial charge is 0.271 e. The van der Waals surface area contributed by atoms with Crippen LogP contribution in [0.3, 0.4) is 0 Å². The number of nitrogens with one attached hydrogen (secondary N) is 1. The van der Waals surface area contributed by atoms with E-state index in [2.05, 4.69) is 34.1 Å². The minimum atomic E-state index is -0.123. The SMILES string of the molecule is Cc1cc(C)n2nc(C(=O)NCCCN3[C@H](C)CCC[C@H]3C)cc2n1. The summed E-state index contributed by atoms with van der Waals surface area (Å²) in [5.74, 6) is -0.123. The lowest BCUT2D eigenvalue weighted by Gasteiger charge is -2.39. The van der Waals surface area contributed by atoms with E-state index in [9.17, 15) is 4.79 Å². The van der Waals surface area contributed by atoms with Crippen LogP contribution in [0.2, 0.25) is 0 Å². The Morgan fingerprint density at radius 1 is 1.24 bits per heavy atom. The Morgan fingerprint density at radius 3 is 2.68 bits per heavy atom. The van der Waals surface area contributed by atoms with Crippen molar-refractivity contribution in [1.82, 2.24) is 24.8 Å². The molecule has 1 N–H and O–H groups in total. The zero-order valence-corrected chi connectivity index (χ0v) is 15.7. The molecule has 3 heterocycles. The van der Waals surface area contributed by atoms with Crippen LogP contribution in [0.5, 0.6) is 0 Å². The fraction of sp³-hybridized carbons (Fsp3) is 0.632. The second kappa shape index (κ2) is 7.52. The van der Waals surface area contributed by atoms with Gasteiger partial charge in [-0.05, 0) is 53.0 Å². The van der Waals surface area contributed by atoms with Gasteiger partial charge < -0.3 is 5.32 Å². The molecule has 1 saturated heterocycles. The summed E-state index contributed by atoms with van der Waals surface area (Å²) in [6, 6.07) is 5.01. The highest BCUT2D eigenvalue weighted by atomic mass is 16.1. The summed E-state index contributed by atoms with van der Waals surface area (Å²) >= 11 is 0. The van der Waals surface area contributed by atoms with Crippen molar-refractivity contribution in [2.45, 2.75) is 65.5 Å². The van der Waals surface area contributed by atoms with E-state index >= 15 is 0 Å². The summed E-state index contributed by atoms with van der Waals surface area (Å²) in [4.78, 5) is 19.4. The van der Waals surface area contributed by atoms with Gasteiger partial charge in [0.25, 0.3) is 5.91 Å². The van der Waals surface area contributed by atoms with Gasteiger partial charge in [-0.2, -0.15) is 5.10 Å². The van der Waals surface area contributed by atoms with Gasteiger partial charge in [0.2, 0.25) is 0 Å². The first-order valence-corrected chi connectivity index (χ1v) is 9.33. The molecule has 0 bridgehead atoms. The van der Waals surface area contributed by atoms with Crippen LogP contribution in [0.1, 0.15) is 61.4 Å². The number of carbonyl (C=O) groups excluding carboxylic acids is 1. The van der Waals surface area contributed by atoms with Gasteiger partial charge in [-0.15, -0.1) is 0 Å². The van der Waals surface area contributed by atoms with Crippen molar-refractivity contribution in [3.05, 3.63) is 29.2 Å². The third kappa shape index (κ3) is 4.00. The highest BCUT2D eigenvalue weighted by Gasteiger charge is 2.23. The third-order valence-electron chi connectivity index (χ3n) is 5.22. The summed E-state index contributed by atoms with van der Waals surface area (Å²) in [6.45, 7) is 10.2. The Labute approximate surface area is 149 Å². The zero-order chi connectivity index (χ0) is 18.0. The van der Waals surface area contributed by atoms with Gasteiger partial charge in [0.15, 0.2) is 11.3 Å². The molecule has 136 valence electrons. The molecular weight excluding hydrogens is 314 g/mol. The van der Waals surface area contributed by atoms with Crippen LogP contribution in [-0.4, -0.2) is 50.6 Å². The van der Waals surface area contributed by atoms with Crippen LogP contribution in [0.25, 0.3) is 5.65 Å². The number of carbonyl (C=O) groups is 1. The van der Waals surface area contributed by atoms with Crippen molar-refractivity contribution < 1.29 is 4.79 Å². The second-order valence-corrected chi connectivity index (χ2v) is 7.31. The number of piperidine rings is 1. The van der Waals surface area contributed by atoms with Gasteiger partial charge in [0, 0.05) is 42.6 Å². The van der Waals surface area contributed by atoms with Crippen molar-refractivity contribution in [3.63, 3.8) is 0 Å². The lowest BCUT2D eigenvalue weighted by Crippen LogP contribution is -2.44. The Morgan fingerprint density at radius 2 is 1.96 bits per heavy atom. The number of hydrogen-bond donors (Lipinski definition) is 1. The average Bonchev–Trinajstić information content (AvgIpc) is 2.98. The van der Waals surface area contributed by atoms with E-state index < -0.39 is 0 Å². The van der Waals surface area contributed by atoms with Crippen molar-refractivity contribution in [1.29, 1.82) is 0 Å². The van der Waals surface area contributed by atoms with E-state index in [1.165, 1.54) is 19.3 Å². The van der Waals surface area contributed by atoms with Gasteiger partial charge in [0.05, 0.1) is 0 Å². The minimum absolute atomic E-state index is 0.123. The van der Waals surface area contributed by atoms with Crippen molar-refractivity contribution in [2.24, 2.45) is 0 Å². The van der Waals surface area contributed by atoms with E-state index in [0.29, 0.717) is 24.3 Å². The van der Waals surface area contributed by atoms with E-state index in [1.807, 2.05) is 19.9 Å². The number of nitrogens with zero attached hydrogens (tertiary/aromatic N) is 4. The molecule has 0 aliphatic carbocycles. The van der Waals surface area contributed by atoms with Crippen molar-refractivity contribution in [2.75, 3.05) is 13.1 Å². The molecule has 0 unspecified atom stereocenters. The number of amides is 1. The molecule has 1 aliphatic heterocycles. The summed E-state index contributed by atoms with van der Waals surface area (Å²) in [5.41, 5.74) is 3.07. The highest BCUT2D eigenvalue weighted by Crippen LogP contribution is 2.22. The molecule has 6 heteroatoms. The van der Waals surface area contributed by atoms with Crippen molar-refractivity contribution >= 4 is 11.6 Å². The van der Waals surface area contributed by atoms with E-state index in [0.717, 1.165) is 30.0 Å². The average molecular weight is 343 g/mol. The van der Waals surface area contributed by atoms with E-state index in [-0.39, 0.29) is 5.91 Å². The van der Waals surface area contributed by atoms with Crippen LogP contribution in [0.4, 0.5) is 0 Å². The molecule has 0 aromatic carbocycles. The minimum Gasteiger partial charge on any atom is -0.351 e. The van der Waals surface area contributed by atoms with Crippen molar-refractivity contribution in [3.8, 4) is 0 Å². The predicted molar refractivity (Wildman–Crippen MR) is 98.9 cm³/mol. The highest BCUT2D eigenvalue weighted by molar-refractivity contribution is 5.93. The maximum atomic E-state index is 12.4. The van der Waals surface area contributed by atoms with Gasteiger partial charge in [-0.3, -0.25) is 9.69 Å². The lowest BCUT2D eigenvalue weighted by molar-refractivity contribution is 0.0921. The van der Waals surface area contributed by atoms with Crippen LogP contribution in [0, 0.1) is 13.8 Å². The standard InChI is InChI=1S/C19H29N5O/c1-13-11-16(4)24-18(21-13)12-17(22-24)19(25)20-9-6-10-23-14(2)7-5-8-15(23)3/h11-12,14-15H,5-10H2,1-4H3,(H,20,25)/t14-,15-/m1/s1. The van der Waals surface area contributed by atoms with Gasteiger partial charge in [0.1, 0.15) is 0 Å². The fourth-order valence-electron chi connectivity index (χ4n) is 3.87. The number of aromatic nitrogens is 3. The number of fused-ring (bicyclic) bond motifs is 1. The summed E-state index contributed by atoms with van der Waals surface area (Å²) in [6.07, 6.45) is 4.86. The number of rotatable bonds is 5. The maximum absolute atomic E-state index is 12.4. The summed E-state index contributed by atoms with van der Waals surface area (Å²) in [7, 11) is 0. The summed E-state index contributed by atoms with van der Waals surface area (Å²) in [5, 5.41) is 7.37. The molecule has 6 nitrogen and oxygen atoms in total. The Bertz CT molecular complexity index is 744. The first-order chi connectivity index (χ1) is 12.0. The van der Waals surface area contributed by atoms with E-state index in [1.54, 1.807) is 10.6 Å². The number of hydrogen-bond acceptors (Lipinski definition) is 4. The Kier molecular flexibility index (Phi) is 5.37. The van der Waals surface area contributed by atoms with Crippen LogP contribution >= 0.6 is 0 Å². The Hall–Kier alpha value is -1.95. The predicted octanol–water partition coefficient (Wildman–Crippen LogP) is 2.73. The van der Waals surface area contributed by atoms with Crippen LogP contribution in [-0.2, 0) is 0 Å². The molecule has 1 amide bonds. The molecule has 25 heavy (non-hydrogen) atoms.